The zero-order chi connectivity index (χ0) is 79.1. The largest absolute Gasteiger partial charge is 0.373 e. The van der Waals surface area contributed by atoms with Gasteiger partial charge in [0.2, 0.25) is 0 Å². The maximum atomic E-state index is 8.67. The fourth-order valence-electron chi connectivity index (χ4n) is 14.0. The smallest absolute Gasteiger partial charge is 0.144 e. The van der Waals surface area contributed by atoms with Gasteiger partial charge in [-0.05, 0) is 242 Å². The van der Waals surface area contributed by atoms with Crippen molar-refractivity contribution >= 4 is 0 Å². The lowest BCUT2D eigenvalue weighted by atomic mass is 9.96. The molecule has 0 spiro atoms. The molecule has 606 valence electrons. The molecule has 6 bridgehead atoms. The van der Waals surface area contributed by atoms with Crippen molar-refractivity contribution in [3.8, 4) is 6.07 Å². The molecule has 22 nitrogen and oxygen atoms in total. The highest BCUT2D eigenvalue weighted by molar-refractivity contribution is 5.27. The average Bonchev–Trinajstić information content (AvgIpc) is 1.57. The molecule has 20 atom stereocenters. The molecule has 0 aromatic carbocycles. The Labute approximate surface area is 626 Å². The second-order valence-electron chi connectivity index (χ2n) is 39.6. The van der Waals surface area contributed by atoms with Gasteiger partial charge in [0.25, 0.3) is 0 Å². The predicted molar refractivity (Wildman–Crippen MR) is 403 cm³/mol. The predicted octanol–water partition coefficient (Wildman–Crippen LogP) is 13.8. The summed E-state index contributed by atoms with van der Waals surface area (Å²) in [4.78, 5) is 5.53. The van der Waals surface area contributed by atoms with Gasteiger partial charge in [-0.2, -0.15) is 10.3 Å². The molecule has 103 heavy (non-hydrogen) atoms. The maximum absolute atomic E-state index is 8.67. The minimum absolute atomic E-state index is 0.0165. The molecule has 2 N–H and O–H groups in total. The Balaban J connectivity index is 0.000000273. The van der Waals surface area contributed by atoms with Gasteiger partial charge in [0.15, 0.2) is 0 Å². The monoisotopic (exact) mass is 1470 g/mol. The number of ether oxygens (including phenoxy) is 18. The highest BCUT2D eigenvalue weighted by atomic mass is 16.7. The van der Waals surface area contributed by atoms with Gasteiger partial charge in [0.05, 0.1) is 178 Å². The molecule has 1 saturated carbocycles. The first-order valence-corrected chi connectivity index (χ1v) is 38.3. The van der Waals surface area contributed by atoms with Crippen LogP contribution in [0.4, 0.5) is 0 Å². The topological polar surface area (TPSA) is 228 Å². The Bertz CT molecular complexity index is 2590. The van der Waals surface area contributed by atoms with Gasteiger partial charge in [-0.25, -0.2) is 0 Å². The lowest BCUT2D eigenvalue weighted by molar-refractivity contribution is -0.228. The number of nitrogens with two attached hydrogens (primary N) is 1. The Morgan fingerprint density at radius 2 is 0.835 bits per heavy atom. The van der Waals surface area contributed by atoms with Crippen molar-refractivity contribution in [1.29, 1.82) is 5.26 Å². The number of nitrogens with zero attached hydrogens (tertiary/aromatic N) is 2. The van der Waals surface area contributed by atoms with Gasteiger partial charge in [0, 0.05) is 18.9 Å². The van der Waals surface area contributed by atoms with E-state index < -0.39 is 11.2 Å². The number of hydrogen-bond acceptors (Lipinski definition) is 22. The number of fused-ring (bicyclic) bond motifs is 6. The van der Waals surface area contributed by atoms with Crippen LogP contribution in [0.5, 0.6) is 0 Å². The molecule has 0 radical (unpaired) electrons. The van der Waals surface area contributed by atoms with E-state index in [4.69, 9.17) is 101 Å². The normalized spacial score (nSPS) is 34.8. The molecule has 22 heteroatoms. The molecule has 0 aromatic heterocycles. The number of rotatable bonds is 22. The van der Waals surface area contributed by atoms with Crippen molar-refractivity contribution in [3.63, 3.8) is 0 Å². The highest BCUT2D eigenvalue weighted by Crippen LogP contribution is 2.54. The summed E-state index contributed by atoms with van der Waals surface area (Å²) in [7, 11) is 1.71. The van der Waals surface area contributed by atoms with Crippen LogP contribution in [0.1, 0.15) is 255 Å². The summed E-state index contributed by atoms with van der Waals surface area (Å²) in [5, 5.41) is 10.7. The summed E-state index contributed by atoms with van der Waals surface area (Å²) in [6, 6.07) is 2.20. The van der Waals surface area contributed by atoms with Crippen molar-refractivity contribution < 1.29 is 90.1 Å². The van der Waals surface area contributed by atoms with Crippen molar-refractivity contribution in [1.82, 2.24) is 5.06 Å². The van der Waals surface area contributed by atoms with Gasteiger partial charge in [0.1, 0.15) is 71.7 Å². The van der Waals surface area contributed by atoms with Crippen LogP contribution in [-0.2, 0) is 90.1 Å². The van der Waals surface area contributed by atoms with E-state index in [9.17, 15) is 0 Å². The third-order valence-corrected chi connectivity index (χ3v) is 17.8. The van der Waals surface area contributed by atoms with Gasteiger partial charge < -0.3 is 95.8 Å². The minimum atomic E-state index is -0.458. The molecule has 7 heterocycles. The van der Waals surface area contributed by atoms with Gasteiger partial charge >= 0.3 is 0 Å². The summed E-state index contributed by atoms with van der Waals surface area (Å²) < 4.78 is 109. The van der Waals surface area contributed by atoms with Gasteiger partial charge in [-0.3, -0.25) is 0 Å². The third-order valence-electron chi connectivity index (χ3n) is 17.8. The van der Waals surface area contributed by atoms with Crippen LogP contribution in [-0.4, -0.2) is 249 Å². The van der Waals surface area contributed by atoms with Crippen molar-refractivity contribution in [2.24, 2.45) is 11.7 Å². The molecule has 0 aromatic rings. The number of hydroxylamine groups is 2. The zero-order valence-corrected chi connectivity index (χ0v) is 71.7. The van der Waals surface area contributed by atoms with E-state index in [2.05, 4.69) is 151 Å². The lowest BCUT2D eigenvalue weighted by Crippen LogP contribution is -2.51. The molecule has 1 aliphatic carbocycles. The Morgan fingerprint density at radius 3 is 1.21 bits per heavy atom. The highest BCUT2D eigenvalue weighted by Gasteiger charge is 2.66. The van der Waals surface area contributed by atoms with E-state index in [0.717, 1.165) is 6.42 Å². The van der Waals surface area contributed by atoms with Crippen molar-refractivity contribution in [2.45, 2.75) is 426 Å². The molecule has 8 rings (SSSR count). The zero-order valence-electron chi connectivity index (χ0n) is 71.7. The van der Waals surface area contributed by atoms with Crippen molar-refractivity contribution in [3.05, 3.63) is 12.2 Å². The van der Waals surface area contributed by atoms with E-state index >= 15 is 0 Å². The minimum Gasteiger partial charge on any atom is -0.373 e. The van der Waals surface area contributed by atoms with Crippen LogP contribution in [0.3, 0.4) is 0 Å². The molecule has 7 saturated heterocycles. The summed E-state index contributed by atoms with van der Waals surface area (Å²) in [6.45, 7) is 81.2. The Morgan fingerprint density at radius 1 is 0.456 bits per heavy atom. The SMILES string of the molecule is C=C1C[C@]2(COC(C)(C)C)O[C@@H](C)[C@@H]1C2OC(C)(C)C.CON1C[C@]2(COC(C)(C)C)O[C@@H](C)[C@@H]1C2OC(C)(C)C.C[C@@H]1O[C@@]2(COC(C)(C)C)CO[C@H]1C2OC(C)(C)C.C[C@@H]1O[C@H](COC(C)(C)C)C(OC(C)(C)C)[C@@H]1OCCC#N.C[C@@H]1O[C@H](COC(C)(C)C)C(OC(C)(C)C)[C@@H]1OCCN. The Hall–Kier alpha value is -1.61. The fourth-order valence-corrected chi connectivity index (χ4v) is 14.0. The van der Waals surface area contributed by atoms with Crippen LogP contribution in [0.25, 0.3) is 0 Å². The van der Waals surface area contributed by atoms with E-state index in [0.29, 0.717) is 72.4 Å². The lowest BCUT2D eigenvalue weighted by Gasteiger charge is -2.37. The van der Waals surface area contributed by atoms with Crippen LogP contribution < -0.4 is 5.73 Å². The number of nitriles is 1. The first-order chi connectivity index (χ1) is 46.5. The summed E-state index contributed by atoms with van der Waals surface area (Å²) >= 11 is 0. The molecular weight excluding hydrogens is 1320 g/mol. The molecule has 8 aliphatic rings. The quantitative estimate of drug-likeness (QED) is 0.0784. The van der Waals surface area contributed by atoms with Crippen LogP contribution in [0.2, 0.25) is 0 Å². The van der Waals surface area contributed by atoms with E-state index in [1.165, 1.54) is 5.57 Å². The second kappa shape index (κ2) is 36.3. The first-order valence-electron chi connectivity index (χ1n) is 38.3. The van der Waals surface area contributed by atoms with Gasteiger partial charge in [-0.1, -0.05) is 12.2 Å². The standard InChI is InChI=1S/C17H31NO4.C17H30O3.C16H31NO4.C16H33NO4.C15H28O4/c1-12-14(19-10-8-9-18)15(22-17(5,6)7)13(21-12)11-20-16(2,3)4;1-11-9-17(10-18-15(3,4)5)14(20-16(6,7)8)13(11)12(2)19-17;1-11-12-13(21-15(5,6)7)16(20-11,9-17(12)18-8)10-19-14(2,3)4;1-11-13(18-9-8-17)14(21-16(5,6)7)12(20-11)10-19-15(2,3)4;1-10-11-12(19-14(5,6)7)15(18-10,8-16-11)9-17-13(2,3)4/h12-15H,8,10-11H2,1-7H3;12-14H,1,9-10H2,2-8H3;11-13H,9-10H2,1-8H3;11-14H,8-10,17H2,1-7H3;10-12H,8-9H2,1-7H3/t12-,13+,14+,15?;12-,13+,14?,17+;11-,12+,13?,16+;11-,12+,13+,14?;10-,11+,12?,15+/m00000/s1. The Kier molecular flexibility index (Phi) is 33.0. The number of morpholine rings is 1. The van der Waals surface area contributed by atoms with Crippen LogP contribution in [0, 0.1) is 17.2 Å². The van der Waals surface area contributed by atoms with Crippen molar-refractivity contribution in [2.75, 3.05) is 73.1 Å². The molecule has 8 fully saturated rings. The maximum Gasteiger partial charge on any atom is 0.144 e. The summed E-state index contributed by atoms with van der Waals surface area (Å²) in [5.74, 6) is 0.290. The summed E-state index contributed by atoms with van der Waals surface area (Å²) in [5.41, 5.74) is 3.35. The van der Waals surface area contributed by atoms with E-state index in [1.807, 2.05) is 109 Å². The van der Waals surface area contributed by atoms with E-state index in [1.54, 1.807) is 7.11 Å². The summed E-state index contributed by atoms with van der Waals surface area (Å²) in [6.07, 6.45) is 0.431. The van der Waals surface area contributed by atoms with Gasteiger partial charge in [-0.15, -0.1) is 0 Å². The number of hydrogen-bond donors (Lipinski definition) is 1. The molecule has 0 amide bonds. The molecule has 7 aliphatic heterocycles. The second-order valence-corrected chi connectivity index (χ2v) is 39.6. The average molecular weight is 1470 g/mol. The van der Waals surface area contributed by atoms with E-state index in [-0.39, 0.29) is 165 Å². The fraction of sp³-hybridized carbons (Fsp3) is 0.963. The molecular formula is C81H153N3O19. The first kappa shape index (κ1) is 93.8. The molecule has 5 unspecified atom stereocenters. The van der Waals surface area contributed by atoms with Crippen LogP contribution in [0.15, 0.2) is 12.2 Å². The third kappa shape index (κ3) is 29.9. The van der Waals surface area contributed by atoms with Crippen LogP contribution >= 0.6 is 0 Å².